The summed E-state index contributed by atoms with van der Waals surface area (Å²) in [5.74, 6) is 3.03. The molecule has 1 aliphatic rings. The van der Waals surface area contributed by atoms with Crippen molar-refractivity contribution in [1.82, 2.24) is 0 Å². The molecule has 0 aliphatic heterocycles. The standard InChI is InChI=1S/C34H64O4/c1-27(2)15-13-19-29(5)17-9-7-11-25-37-33(35)31-21-23-32(24-22-31)34(36)38-26-12-8-10-18-30(6)20-14-16-28(3)4/h27-32H,7-26H2,1-6H3. The largest absolute Gasteiger partial charge is 0.465 e. The lowest BCUT2D eigenvalue weighted by molar-refractivity contribution is -0.155. The maximum Gasteiger partial charge on any atom is 0.308 e. The summed E-state index contributed by atoms with van der Waals surface area (Å²) in [6, 6.07) is 0. The SMILES string of the molecule is CC(C)CCCC(C)CCCCCOC(=O)C1CCC(C(=O)OCCCCCC(C)CCCC(C)C)CC1. The molecule has 0 bridgehead atoms. The lowest BCUT2D eigenvalue weighted by atomic mass is 9.82. The highest BCUT2D eigenvalue weighted by atomic mass is 16.5. The Bertz CT molecular complexity index is 539. The second kappa shape index (κ2) is 21.7. The zero-order valence-electron chi connectivity index (χ0n) is 26.2. The van der Waals surface area contributed by atoms with Gasteiger partial charge in [0.1, 0.15) is 0 Å². The molecule has 4 heteroatoms. The third-order valence-electron chi connectivity index (χ3n) is 8.52. The van der Waals surface area contributed by atoms with Crippen molar-refractivity contribution in [3.8, 4) is 0 Å². The molecule has 38 heavy (non-hydrogen) atoms. The Morgan fingerprint density at radius 3 is 1.18 bits per heavy atom. The number of hydrogen-bond acceptors (Lipinski definition) is 4. The summed E-state index contributed by atoms with van der Waals surface area (Å²) in [5, 5.41) is 0. The van der Waals surface area contributed by atoms with Gasteiger partial charge in [-0.25, -0.2) is 0 Å². The van der Waals surface area contributed by atoms with Crippen molar-refractivity contribution < 1.29 is 19.1 Å². The van der Waals surface area contributed by atoms with E-state index in [4.69, 9.17) is 9.47 Å². The van der Waals surface area contributed by atoms with Gasteiger partial charge in [0.2, 0.25) is 0 Å². The van der Waals surface area contributed by atoms with E-state index in [2.05, 4.69) is 41.5 Å². The average molecular weight is 537 g/mol. The molecule has 0 heterocycles. The zero-order valence-corrected chi connectivity index (χ0v) is 26.2. The fourth-order valence-corrected chi connectivity index (χ4v) is 5.73. The normalized spacial score (nSPS) is 19.5. The van der Waals surface area contributed by atoms with Crippen molar-refractivity contribution in [3.63, 3.8) is 0 Å². The molecule has 1 aliphatic carbocycles. The van der Waals surface area contributed by atoms with Gasteiger partial charge in [0.25, 0.3) is 0 Å². The van der Waals surface area contributed by atoms with E-state index >= 15 is 0 Å². The Morgan fingerprint density at radius 2 is 0.842 bits per heavy atom. The second-order valence-electron chi connectivity index (χ2n) is 13.4. The van der Waals surface area contributed by atoms with Crippen molar-refractivity contribution in [2.75, 3.05) is 13.2 Å². The summed E-state index contributed by atoms with van der Waals surface area (Å²) in [5.41, 5.74) is 0. The quantitative estimate of drug-likeness (QED) is 0.102. The van der Waals surface area contributed by atoms with Crippen LogP contribution in [0, 0.1) is 35.5 Å². The number of carbonyl (C=O) groups is 2. The molecule has 0 radical (unpaired) electrons. The highest BCUT2D eigenvalue weighted by Gasteiger charge is 2.31. The average Bonchev–Trinajstić information content (AvgIpc) is 2.87. The molecular weight excluding hydrogens is 472 g/mol. The molecule has 0 spiro atoms. The van der Waals surface area contributed by atoms with E-state index in [0.29, 0.717) is 13.2 Å². The number of esters is 2. The molecule has 4 nitrogen and oxygen atoms in total. The van der Waals surface area contributed by atoms with Gasteiger partial charge in [-0.2, -0.15) is 0 Å². The maximum absolute atomic E-state index is 12.5. The maximum atomic E-state index is 12.5. The number of rotatable bonds is 22. The van der Waals surface area contributed by atoms with Crippen LogP contribution in [-0.2, 0) is 19.1 Å². The van der Waals surface area contributed by atoms with Crippen LogP contribution < -0.4 is 0 Å². The van der Waals surface area contributed by atoms with E-state index < -0.39 is 0 Å². The van der Waals surface area contributed by atoms with Gasteiger partial charge >= 0.3 is 11.9 Å². The van der Waals surface area contributed by atoms with Gasteiger partial charge < -0.3 is 9.47 Å². The third kappa shape index (κ3) is 18.3. The third-order valence-corrected chi connectivity index (χ3v) is 8.52. The second-order valence-corrected chi connectivity index (χ2v) is 13.4. The lowest BCUT2D eigenvalue weighted by Gasteiger charge is -2.26. The Balaban J connectivity index is 2.01. The molecule has 224 valence electrons. The molecular formula is C34H64O4. The Hall–Kier alpha value is -1.06. The summed E-state index contributed by atoms with van der Waals surface area (Å²) in [6.07, 6.45) is 20.2. The molecule has 2 unspecified atom stereocenters. The van der Waals surface area contributed by atoms with E-state index in [-0.39, 0.29) is 23.8 Å². The monoisotopic (exact) mass is 536 g/mol. The molecule has 0 saturated heterocycles. The first-order valence-corrected chi connectivity index (χ1v) is 16.5. The van der Waals surface area contributed by atoms with Crippen molar-refractivity contribution in [1.29, 1.82) is 0 Å². The van der Waals surface area contributed by atoms with E-state index in [1.165, 1.54) is 64.2 Å². The lowest BCUT2D eigenvalue weighted by Crippen LogP contribution is -2.28. The van der Waals surface area contributed by atoms with Gasteiger partial charge in [0.05, 0.1) is 25.0 Å². The van der Waals surface area contributed by atoms with Crippen LogP contribution in [0.15, 0.2) is 0 Å². The van der Waals surface area contributed by atoms with Gasteiger partial charge in [0, 0.05) is 0 Å². The first-order chi connectivity index (χ1) is 18.2. The van der Waals surface area contributed by atoms with Gasteiger partial charge in [-0.15, -0.1) is 0 Å². The van der Waals surface area contributed by atoms with Crippen LogP contribution in [0.1, 0.15) is 157 Å². The molecule has 0 aromatic heterocycles. The van der Waals surface area contributed by atoms with Gasteiger partial charge in [-0.3, -0.25) is 9.59 Å². The minimum atomic E-state index is -0.0581. The summed E-state index contributed by atoms with van der Waals surface area (Å²) >= 11 is 0. The molecule has 1 saturated carbocycles. The van der Waals surface area contributed by atoms with Crippen molar-refractivity contribution in [2.45, 2.75) is 157 Å². The molecule has 2 atom stereocenters. The topological polar surface area (TPSA) is 52.6 Å². The van der Waals surface area contributed by atoms with E-state index in [9.17, 15) is 9.59 Å². The number of hydrogen-bond donors (Lipinski definition) is 0. The van der Waals surface area contributed by atoms with Crippen molar-refractivity contribution >= 4 is 11.9 Å². The summed E-state index contributed by atoms with van der Waals surface area (Å²) in [6.45, 7) is 15.0. The van der Waals surface area contributed by atoms with Crippen LogP contribution in [0.4, 0.5) is 0 Å². The highest BCUT2D eigenvalue weighted by molar-refractivity contribution is 5.75. The van der Waals surface area contributed by atoms with Crippen LogP contribution >= 0.6 is 0 Å². The van der Waals surface area contributed by atoms with Gasteiger partial charge in [0.15, 0.2) is 0 Å². The van der Waals surface area contributed by atoms with Gasteiger partial charge in [-0.1, -0.05) is 119 Å². The van der Waals surface area contributed by atoms with Crippen molar-refractivity contribution in [3.05, 3.63) is 0 Å². The molecule has 1 fully saturated rings. The zero-order chi connectivity index (χ0) is 28.2. The predicted octanol–water partition coefficient (Wildman–Crippen LogP) is 9.92. The first-order valence-electron chi connectivity index (χ1n) is 16.5. The molecule has 0 aromatic rings. The Morgan fingerprint density at radius 1 is 0.500 bits per heavy atom. The van der Waals surface area contributed by atoms with E-state index in [1.54, 1.807) is 0 Å². The van der Waals surface area contributed by atoms with E-state index in [1.807, 2.05) is 0 Å². The summed E-state index contributed by atoms with van der Waals surface area (Å²) in [4.78, 5) is 24.9. The molecule has 0 amide bonds. The Kier molecular flexibility index (Phi) is 20.0. The smallest absolute Gasteiger partial charge is 0.308 e. The Labute approximate surface area is 236 Å². The summed E-state index contributed by atoms with van der Waals surface area (Å²) < 4.78 is 11.1. The number of carbonyl (C=O) groups excluding carboxylic acids is 2. The van der Waals surface area contributed by atoms with Gasteiger partial charge in [-0.05, 0) is 62.2 Å². The van der Waals surface area contributed by atoms with Crippen molar-refractivity contribution in [2.24, 2.45) is 35.5 Å². The minimum absolute atomic E-state index is 0.0393. The first kappa shape index (κ1) is 35.0. The van der Waals surface area contributed by atoms with Crippen LogP contribution in [-0.4, -0.2) is 25.2 Å². The van der Waals surface area contributed by atoms with Crippen LogP contribution in [0.25, 0.3) is 0 Å². The van der Waals surface area contributed by atoms with Crippen LogP contribution in [0.2, 0.25) is 0 Å². The molecule has 1 rings (SSSR count). The molecule has 0 N–H and O–H groups in total. The van der Waals surface area contributed by atoms with E-state index in [0.717, 1.165) is 75.0 Å². The minimum Gasteiger partial charge on any atom is -0.465 e. The van der Waals surface area contributed by atoms with Crippen LogP contribution in [0.3, 0.4) is 0 Å². The highest BCUT2D eigenvalue weighted by Crippen LogP contribution is 2.30. The fraction of sp³-hybridized carbons (Fsp3) is 0.941. The fourth-order valence-electron chi connectivity index (χ4n) is 5.73. The molecule has 0 aromatic carbocycles. The predicted molar refractivity (Wildman–Crippen MR) is 160 cm³/mol. The van der Waals surface area contributed by atoms with Crippen LogP contribution in [0.5, 0.6) is 0 Å². The number of unbranched alkanes of at least 4 members (excludes halogenated alkanes) is 4. The summed E-state index contributed by atoms with van der Waals surface area (Å²) in [7, 11) is 0. The number of ether oxygens (including phenoxy) is 2.